The molecule has 4 rings (SSSR count). The number of benzene rings is 3. The van der Waals surface area contributed by atoms with Crippen LogP contribution in [-0.2, 0) is 21.1 Å². The zero-order valence-corrected chi connectivity index (χ0v) is 20.8. The van der Waals surface area contributed by atoms with E-state index in [0.29, 0.717) is 5.56 Å². The molecule has 0 saturated carbocycles. The van der Waals surface area contributed by atoms with E-state index in [0.717, 1.165) is 28.8 Å². The van der Waals surface area contributed by atoms with E-state index in [1.165, 1.54) is 55.7 Å². The van der Waals surface area contributed by atoms with E-state index < -0.39 is 27.8 Å². The number of nitrogens with zero attached hydrogens (tertiary/aromatic N) is 1. The average molecular weight is 552 g/mol. The Morgan fingerprint density at radius 1 is 0.972 bits per heavy atom. The lowest BCUT2D eigenvalue weighted by Gasteiger charge is -2.16. The van der Waals surface area contributed by atoms with Crippen LogP contribution in [-0.4, -0.2) is 25.8 Å². The number of ether oxygens (including phenoxy) is 1. The molecule has 186 valence electrons. The number of halogens is 3. The minimum absolute atomic E-state index is 0.00294. The highest BCUT2D eigenvalue weighted by molar-refractivity contribution is 8.27. The van der Waals surface area contributed by atoms with Crippen molar-refractivity contribution in [3.8, 4) is 11.5 Å². The van der Waals surface area contributed by atoms with Crippen LogP contribution >= 0.6 is 24.0 Å². The average Bonchev–Trinajstić information content (AvgIpc) is 3.12. The fourth-order valence-corrected chi connectivity index (χ4v) is 5.52. The second kappa shape index (κ2) is 9.96. The quantitative estimate of drug-likeness (QED) is 0.215. The Kier molecular flexibility index (Phi) is 7.12. The van der Waals surface area contributed by atoms with Crippen LogP contribution in [0.3, 0.4) is 0 Å². The summed E-state index contributed by atoms with van der Waals surface area (Å²) in [6.45, 7) is 0. The lowest BCUT2D eigenvalue weighted by atomic mass is 10.1. The van der Waals surface area contributed by atoms with E-state index >= 15 is 0 Å². The third kappa shape index (κ3) is 5.40. The van der Waals surface area contributed by atoms with E-state index in [4.69, 9.17) is 21.1 Å². The van der Waals surface area contributed by atoms with E-state index in [9.17, 15) is 26.4 Å². The molecule has 1 aliphatic rings. The zero-order chi connectivity index (χ0) is 26.1. The maximum atomic E-state index is 13.1. The summed E-state index contributed by atoms with van der Waals surface area (Å²) in [7, 11) is -2.78. The van der Waals surface area contributed by atoms with Crippen LogP contribution in [0.4, 0.5) is 18.9 Å². The number of thioether (sulfide) groups is 1. The van der Waals surface area contributed by atoms with Crippen LogP contribution in [0.5, 0.6) is 11.5 Å². The molecule has 0 aromatic heterocycles. The standard InChI is InChI=1S/C24H16F3NO5S3/c1-32-20-12-15(10-11-19(20)33-36(30,31)18-8-3-2-4-9-18)13-21-22(29)28(23(34)35-21)17-7-5-6-16(14-17)24(25,26)27/h2-14H,1H3/b21-13+. The minimum Gasteiger partial charge on any atom is -0.493 e. The number of amides is 1. The van der Waals surface area contributed by atoms with Gasteiger partial charge >= 0.3 is 16.3 Å². The number of carbonyl (C=O) groups is 1. The molecule has 1 saturated heterocycles. The Hall–Kier alpha value is -3.35. The molecule has 1 aliphatic heterocycles. The van der Waals surface area contributed by atoms with E-state index in [2.05, 4.69) is 0 Å². The molecule has 0 radical (unpaired) electrons. The number of carbonyl (C=O) groups excluding carboxylic acids is 1. The molecule has 36 heavy (non-hydrogen) atoms. The SMILES string of the molecule is COc1cc(/C=C2/SC(=S)N(c3cccc(C(F)(F)F)c3)C2=O)ccc1OS(=O)(=O)c1ccccc1. The smallest absolute Gasteiger partial charge is 0.416 e. The molecule has 1 fully saturated rings. The molecule has 0 N–H and O–H groups in total. The first kappa shape index (κ1) is 25.7. The number of hydrogen-bond acceptors (Lipinski definition) is 7. The van der Waals surface area contributed by atoms with Gasteiger partial charge in [0.05, 0.1) is 23.3 Å². The lowest BCUT2D eigenvalue weighted by molar-refractivity contribution is -0.137. The van der Waals surface area contributed by atoms with E-state index in [1.807, 2.05) is 0 Å². The summed E-state index contributed by atoms with van der Waals surface area (Å²) < 4.78 is 75.0. The van der Waals surface area contributed by atoms with Gasteiger partial charge in [0.25, 0.3) is 5.91 Å². The number of thiocarbonyl (C=S) groups is 1. The fraction of sp³-hybridized carbons (Fsp3) is 0.0833. The van der Waals surface area contributed by atoms with Gasteiger partial charge in [0.2, 0.25) is 0 Å². The molecule has 1 amide bonds. The highest BCUT2D eigenvalue weighted by atomic mass is 32.2. The lowest BCUT2D eigenvalue weighted by Crippen LogP contribution is -2.27. The fourth-order valence-electron chi connectivity index (χ4n) is 3.26. The molecule has 1 heterocycles. The second-order valence-corrected chi connectivity index (χ2v) is 10.5. The largest absolute Gasteiger partial charge is 0.493 e. The van der Waals surface area contributed by atoms with Crippen LogP contribution < -0.4 is 13.8 Å². The molecule has 0 atom stereocenters. The normalized spacial score (nSPS) is 15.4. The summed E-state index contributed by atoms with van der Waals surface area (Å²) in [5.74, 6) is -0.554. The van der Waals surface area contributed by atoms with Gasteiger partial charge in [-0.1, -0.05) is 54.3 Å². The molecule has 0 unspecified atom stereocenters. The number of methoxy groups -OCH3 is 1. The molecular weight excluding hydrogens is 535 g/mol. The first-order valence-electron chi connectivity index (χ1n) is 10.1. The number of alkyl halides is 3. The first-order chi connectivity index (χ1) is 17.0. The third-order valence-corrected chi connectivity index (χ3v) is 7.49. The van der Waals surface area contributed by atoms with Gasteiger partial charge in [0.15, 0.2) is 15.8 Å². The van der Waals surface area contributed by atoms with Crippen molar-refractivity contribution < 1.29 is 35.3 Å². The van der Waals surface area contributed by atoms with E-state index in [1.54, 1.807) is 18.2 Å². The number of rotatable bonds is 6. The van der Waals surface area contributed by atoms with Crippen LogP contribution in [0.15, 0.2) is 82.6 Å². The topological polar surface area (TPSA) is 72.9 Å². The Morgan fingerprint density at radius 2 is 1.69 bits per heavy atom. The Morgan fingerprint density at radius 3 is 2.36 bits per heavy atom. The molecule has 3 aromatic rings. The van der Waals surface area contributed by atoms with Gasteiger partial charge in [-0.25, -0.2) is 0 Å². The van der Waals surface area contributed by atoms with Crippen molar-refractivity contribution in [2.45, 2.75) is 11.1 Å². The van der Waals surface area contributed by atoms with Gasteiger partial charge in [-0.05, 0) is 54.1 Å². The molecule has 0 aliphatic carbocycles. The summed E-state index contributed by atoms with van der Waals surface area (Å²) >= 11 is 6.17. The van der Waals surface area contributed by atoms with Gasteiger partial charge in [-0.2, -0.15) is 21.6 Å². The monoisotopic (exact) mass is 551 g/mol. The van der Waals surface area contributed by atoms with Crippen molar-refractivity contribution in [2.75, 3.05) is 12.0 Å². The van der Waals surface area contributed by atoms with Gasteiger partial charge in [0.1, 0.15) is 4.90 Å². The Bertz CT molecular complexity index is 1470. The highest BCUT2D eigenvalue weighted by Gasteiger charge is 2.36. The predicted molar refractivity (Wildman–Crippen MR) is 134 cm³/mol. The van der Waals surface area contributed by atoms with Crippen molar-refractivity contribution in [2.24, 2.45) is 0 Å². The number of anilines is 1. The van der Waals surface area contributed by atoms with Gasteiger partial charge in [-0.3, -0.25) is 9.69 Å². The summed E-state index contributed by atoms with van der Waals surface area (Å²) in [6, 6.07) is 16.3. The molecule has 3 aromatic carbocycles. The molecular formula is C24H16F3NO5S3. The second-order valence-electron chi connectivity index (χ2n) is 7.33. The van der Waals surface area contributed by atoms with Crippen LogP contribution in [0.2, 0.25) is 0 Å². The maximum absolute atomic E-state index is 13.1. The van der Waals surface area contributed by atoms with Crippen LogP contribution in [0, 0.1) is 0 Å². The van der Waals surface area contributed by atoms with Gasteiger partial charge in [-0.15, -0.1) is 0 Å². The number of hydrogen-bond donors (Lipinski definition) is 0. The summed E-state index contributed by atoms with van der Waals surface area (Å²) in [6.07, 6.45) is -3.09. The van der Waals surface area contributed by atoms with Gasteiger partial charge < -0.3 is 8.92 Å². The van der Waals surface area contributed by atoms with E-state index in [-0.39, 0.29) is 31.3 Å². The maximum Gasteiger partial charge on any atom is 0.416 e. The first-order valence-corrected chi connectivity index (χ1v) is 12.8. The minimum atomic E-state index is -4.57. The summed E-state index contributed by atoms with van der Waals surface area (Å²) in [4.78, 5) is 14.1. The van der Waals surface area contributed by atoms with Crippen molar-refractivity contribution in [1.29, 1.82) is 0 Å². The third-order valence-electron chi connectivity index (χ3n) is 4.94. The summed E-state index contributed by atoms with van der Waals surface area (Å²) in [5.41, 5.74) is -0.437. The molecule has 0 bridgehead atoms. The van der Waals surface area contributed by atoms with Crippen LogP contribution in [0.25, 0.3) is 6.08 Å². The van der Waals surface area contributed by atoms with Crippen molar-refractivity contribution >= 4 is 56.1 Å². The van der Waals surface area contributed by atoms with Gasteiger partial charge in [0, 0.05) is 0 Å². The zero-order valence-electron chi connectivity index (χ0n) is 18.4. The molecule has 12 heteroatoms. The van der Waals surface area contributed by atoms with Crippen molar-refractivity contribution in [1.82, 2.24) is 0 Å². The highest BCUT2D eigenvalue weighted by Crippen LogP contribution is 2.39. The van der Waals surface area contributed by atoms with Crippen molar-refractivity contribution in [3.63, 3.8) is 0 Å². The van der Waals surface area contributed by atoms with Crippen molar-refractivity contribution in [3.05, 3.63) is 88.8 Å². The van der Waals surface area contributed by atoms with Crippen LogP contribution in [0.1, 0.15) is 11.1 Å². The molecule has 6 nitrogen and oxygen atoms in total. The predicted octanol–water partition coefficient (Wildman–Crippen LogP) is 5.89. The Labute approximate surface area is 214 Å². The molecule has 0 spiro atoms. The Balaban J connectivity index is 1.60. The summed E-state index contributed by atoms with van der Waals surface area (Å²) in [5, 5.41) is 0.